The van der Waals surface area contributed by atoms with Crippen molar-refractivity contribution in [3.05, 3.63) is 23.8 Å². The second kappa shape index (κ2) is 6.68. The molecule has 0 bridgehead atoms. The highest BCUT2D eigenvalue weighted by atomic mass is 16.5. The Balaban J connectivity index is 2.04. The van der Waals surface area contributed by atoms with Crippen LogP contribution in [-0.4, -0.2) is 36.1 Å². The van der Waals surface area contributed by atoms with E-state index in [2.05, 4.69) is 10.6 Å². The van der Waals surface area contributed by atoms with Crippen molar-refractivity contribution >= 4 is 11.8 Å². The molecule has 1 aromatic rings. The van der Waals surface area contributed by atoms with Crippen molar-refractivity contribution in [2.24, 2.45) is 5.92 Å². The molecule has 2 rings (SSSR count). The lowest BCUT2D eigenvalue weighted by molar-refractivity contribution is -0.137. The average Bonchev–Trinajstić information content (AvgIpc) is 2.44. The number of carbonyl (C=O) groups excluding carboxylic acids is 2. The van der Waals surface area contributed by atoms with Gasteiger partial charge in [-0.05, 0) is 30.0 Å². The molecule has 0 spiro atoms. The smallest absolute Gasteiger partial charge is 0.243 e. The van der Waals surface area contributed by atoms with Gasteiger partial charge in [0, 0.05) is 6.42 Å². The van der Waals surface area contributed by atoms with Crippen LogP contribution in [0.5, 0.6) is 11.5 Å². The highest BCUT2D eigenvalue weighted by Gasteiger charge is 2.33. The van der Waals surface area contributed by atoms with Gasteiger partial charge in [-0.2, -0.15) is 0 Å². The Labute approximate surface area is 129 Å². The summed E-state index contributed by atoms with van der Waals surface area (Å²) in [7, 11) is 1.47. The molecule has 1 aromatic carbocycles. The Morgan fingerprint density at radius 2 is 1.82 bits per heavy atom. The van der Waals surface area contributed by atoms with Crippen LogP contribution in [0.15, 0.2) is 18.2 Å². The number of benzene rings is 1. The number of aromatic hydroxyl groups is 1. The van der Waals surface area contributed by atoms with Crippen LogP contribution in [0, 0.1) is 5.92 Å². The summed E-state index contributed by atoms with van der Waals surface area (Å²) >= 11 is 0. The fourth-order valence-corrected chi connectivity index (χ4v) is 2.56. The average molecular weight is 306 g/mol. The molecule has 2 atom stereocenters. The summed E-state index contributed by atoms with van der Waals surface area (Å²) in [5, 5.41) is 15.3. The van der Waals surface area contributed by atoms with Gasteiger partial charge in [-0.3, -0.25) is 9.59 Å². The van der Waals surface area contributed by atoms with E-state index < -0.39 is 12.1 Å². The highest BCUT2D eigenvalue weighted by molar-refractivity contribution is 5.97. The molecule has 120 valence electrons. The number of phenols is 1. The van der Waals surface area contributed by atoms with E-state index in [4.69, 9.17) is 4.74 Å². The number of methoxy groups -OCH3 is 1. The molecule has 6 heteroatoms. The van der Waals surface area contributed by atoms with Crippen molar-refractivity contribution in [3.63, 3.8) is 0 Å². The van der Waals surface area contributed by atoms with Crippen LogP contribution in [-0.2, 0) is 16.0 Å². The molecule has 0 saturated carbocycles. The minimum absolute atomic E-state index is 0.0141. The van der Waals surface area contributed by atoms with Gasteiger partial charge >= 0.3 is 0 Å². The maximum atomic E-state index is 12.1. The third-order valence-corrected chi connectivity index (χ3v) is 3.66. The molecule has 22 heavy (non-hydrogen) atoms. The van der Waals surface area contributed by atoms with Crippen LogP contribution in [0.25, 0.3) is 0 Å². The third-order valence-electron chi connectivity index (χ3n) is 3.66. The molecule has 0 radical (unpaired) electrons. The van der Waals surface area contributed by atoms with Gasteiger partial charge in [0.25, 0.3) is 0 Å². The maximum absolute atomic E-state index is 12.1. The van der Waals surface area contributed by atoms with E-state index in [0.717, 1.165) is 5.56 Å². The number of rotatable bonds is 5. The van der Waals surface area contributed by atoms with Gasteiger partial charge < -0.3 is 20.5 Å². The molecule has 1 fully saturated rings. The zero-order chi connectivity index (χ0) is 16.3. The van der Waals surface area contributed by atoms with Crippen molar-refractivity contribution in [2.45, 2.75) is 38.8 Å². The molecule has 1 heterocycles. The number of amides is 2. The normalized spacial score (nSPS) is 21.5. The zero-order valence-corrected chi connectivity index (χ0v) is 13.1. The first-order chi connectivity index (χ1) is 10.4. The fourth-order valence-electron chi connectivity index (χ4n) is 2.56. The summed E-state index contributed by atoms with van der Waals surface area (Å²) in [6.07, 6.45) is 0.942. The molecule has 3 N–H and O–H groups in total. The van der Waals surface area contributed by atoms with Gasteiger partial charge in [0.2, 0.25) is 11.8 Å². The summed E-state index contributed by atoms with van der Waals surface area (Å²) in [4.78, 5) is 24.2. The van der Waals surface area contributed by atoms with Gasteiger partial charge in [0.15, 0.2) is 11.5 Å². The molecule has 0 unspecified atom stereocenters. The number of carbonyl (C=O) groups is 2. The first-order valence-corrected chi connectivity index (χ1v) is 7.37. The third kappa shape index (κ3) is 3.69. The number of nitrogens with one attached hydrogen (secondary N) is 2. The van der Waals surface area contributed by atoms with E-state index in [1.54, 1.807) is 18.2 Å². The van der Waals surface area contributed by atoms with Crippen molar-refractivity contribution in [1.29, 1.82) is 0 Å². The van der Waals surface area contributed by atoms with Gasteiger partial charge in [0.1, 0.15) is 12.1 Å². The number of phenolic OH excluding ortho intramolecular Hbond substituents is 1. The van der Waals surface area contributed by atoms with Crippen LogP contribution >= 0.6 is 0 Å². The quantitative estimate of drug-likeness (QED) is 0.756. The van der Waals surface area contributed by atoms with E-state index in [9.17, 15) is 14.7 Å². The number of hydrogen-bond donors (Lipinski definition) is 3. The number of piperazine rings is 1. The zero-order valence-electron chi connectivity index (χ0n) is 13.1. The Hall–Kier alpha value is -2.24. The van der Waals surface area contributed by atoms with Crippen LogP contribution < -0.4 is 15.4 Å². The summed E-state index contributed by atoms with van der Waals surface area (Å²) in [5.41, 5.74) is 0.751. The second-order valence-electron chi connectivity index (χ2n) is 5.96. The van der Waals surface area contributed by atoms with E-state index in [1.807, 2.05) is 13.8 Å². The van der Waals surface area contributed by atoms with Crippen LogP contribution in [0.1, 0.15) is 25.8 Å². The largest absolute Gasteiger partial charge is 0.504 e. The summed E-state index contributed by atoms with van der Waals surface area (Å²) in [6, 6.07) is 3.85. The van der Waals surface area contributed by atoms with E-state index in [1.165, 1.54) is 7.11 Å². The molecule has 6 nitrogen and oxygen atoms in total. The summed E-state index contributed by atoms with van der Waals surface area (Å²) in [5.74, 6) is 0.362. The van der Waals surface area contributed by atoms with Gasteiger partial charge in [-0.15, -0.1) is 0 Å². The monoisotopic (exact) mass is 306 g/mol. The Bertz CT molecular complexity index is 571. The molecule has 2 amide bonds. The topological polar surface area (TPSA) is 87.7 Å². The predicted molar refractivity (Wildman–Crippen MR) is 81.7 cm³/mol. The van der Waals surface area contributed by atoms with E-state index in [-0.39, 0.29) is 17.6 Å². The maximum Gasteiger partial charge on any atom is 0.243 e. The molecule has 1 aliphatic rings. The molecular formula is C16H22N2O4. The SMILES string of the molecule is COc1ccc(C[C@H]2NC(=O)[C@@H](CC(C)C)NC2=O)cc1O. The highest BCUT2D eigenvalue weighted by Crippen LogP contribution is 2.26. The number of hydrogen-bond acceptors (Lipinski definition) is 4. The van der Waals surface area contributed by atoms with Crippen molar-refractivity contribution in [3.8, 4) is 11.5 Å². The van der Waals surface area contributed by atoms with Crippen LogP contribution in [0.4, 0.5) is 0 Å². The van der Waals surface area contributed by atoms with Gasteiger partial charge in [-0.1, -0.05) is 19.9 Å². The minimum atomic E-state index is -0.622. The van der Waals surface area contributed by atoms with E-state index in [0.29, 0.717) is 24.5 Å². The first-order valence-electron chi connectivity index (χ1n) is 7.37. The lowest BCUT2D eigenvalue weighted by Crippen LogP contribution is -2.62. The molecule has 0 aliphatic carbocycles. The van der Waals surface area contributed by atoms with Crippen molar-refractivity contribution < 1.29 is 19.4 Å². The Kier molecular flexibility index (Phi) is 4.90. The van der Waals surface area contributed by atoms with Crippen molar-refractivity contribution in [2.75, 3.05) is 7.11 Å². The molecule has 1 aliphatic heterocycles. The number of ether oxygens (including phenoxy) is 1. The Morgan fingerprint density at radius 3 is 2.41 bits per heavy atom. The van der Waals surface area contributed by atoms with Gasteiger partial charge in [0.05, 0.1) is 7.11 Å². The first kappa shape index (κ1) is 16.1. The predicted octanol–water partition coefficient (Wildman–Crippen LogP) is 0.973. The molecular weight excluding hydrogens is 284 g/mol. The molecule has 0 aromatic heterocycles. The van der Waals surface area contributed by atoms with Crippen LogP contribution in [0.3, 0.4) is 0 Å². The Morgan fingerprint density at radius 1 is 1.18 bits per heavy atom. The second-order valence-corrected chi connectivity index (χ2v) is 5.96. The fraction of sp³-hybridized carbons (Fsp3) is 0.500. The van der Waals surface area contributed by atoms with Crippen LogP contribution in [0.2, 0.25) is 0 Å². The summed E-state index contributed by atoms with van der Waals surface area (Å²) < 4.78 is 4.98. The minimum Gasteiger partial charge on any atom is -0.504 e. The van der Waals surface area contributed by atoms with E-state index >= 15 is 0 Å². The lowest BCUT2D eigenvalue weighted by atomic mass is 9.97. The lowest BCUT2D eigenvalue weighted by Gasteiger charge is -2.30. The standard InChI is InChI=1S/C16H22N2O4/c1-9(2)6-11-15(20)18-12(16(21)17-11)7-10-4-5-14(22-3)13(19)8-10/h4-5,8-9,11-12,19H,6-7H2,1-3H3,(H,17,21)(H,18,20)/t11-,12-/m1/s1. The van der Waals surface area contributed by atoms with Gasteiger partial charge in [-0.25, -0.2) is 0 Å². The summed E-state index contributed by atoms with van der Waals surface area (Å²) in [6.45, 7) is 4.01. The van der Waals surface area contributed by atoms with Crippen molar-refractivity contribution in [1.82, 2.24) is 10.6 Å². The molecule has 1 saturated heterocycles.